The average molecular weight is 343 g/mol. The zero-order chi connectivity index (χ0) is 17.4. The van der Waals surface area contributed by atoms with E-state index in [9.17, 15) is 0 Å². The molecule has 0 aromatic heterocycles. The molecule has 0 fully saturated rings. The molecule has 2 aromatic carbocycles. The maximum Gasteiger partial charge on any atom is 0.166 e. The zero-order valence-corrected chi connectivity index (χ0v) is 15.3. The van der Waals surface area contributed by atoms with E-state index in [1.807, 2.05) is 30.3 Å². The van der Waals surface area contributed by atoms with Crippen molar-refractivity contribution in [1.82, 2.24) is 15.5 Å². The molecule has 0 spiro atoms. The third kappa shape index (κ3) is 5.51. The van der Waals surface area contributed by atoms with Crippen molar-refractivity contribution >= 4 is 17.3 Å². The molecular weight excluding hydrogens is 318 g/mol. The van der Waals surface area contributed by atoms with Gasteiger partial charge in [-0.1, -0.05) is 42.5 Å². The Morgan fingerprint density at radius 2 is 1.71 bits per heavy atom. The van der Waals surface area contributed by atoms with Crippen molar-refractivity contribution in [3.8, 4) is 5.75 Å². The molecule has 128 valence electrons. The topological polar surface area (TPSA) is 36.5 Å². The molecule has 2 rings (SSSR count). The number of thiocarbonyl (C=S) groups is 1. The zero-order valence-electron chi connectivity index (χ0n) is 14.5. The molecular formula is C19H25N3OS. The Kier molecular flexibility index (Phi) is 7.03. The lowest BCUT2D eigenvalue weighted by molar-refractivity contribution is 0.298. The van der Waals surface area contributed by atoms with Crippen molar-refractivity contribution in [1.29, 1.82) is 0 Å². The van der Waals surface area contributed by atoms with Gasteiger partial charge in [0.2, 0.25) is 0 Å². The Morgan fingerprint density at radius 3 is 2.29 bits per heavy atom. The van der Waals surface area contributed by atoms with Gasteiger partial charge in [0.05, 0.1) is 13.2 Å². The van der Waals surface area contributed by atoms with E-state index in [0.717, 1.165) is 17.9 Å². The van der Waals surface area contributed by atoms with Crippen LogP contribution in [-0.2, 0) is 6.54 Å². The van der Waals surface area contributed by atoms with Crippen LogP contribution < -0.4 is 15.4 Å². The first kappa shape index (κ1) is 18.2. The highest BCUT2D eigenvalue weighted by atomic mass is 32.1. The summed E-state index contributed by atoms with van der Waals surface area (Å²) in [5, 5.41) is 7.21. The van der Waals surface area contributed by atoms with E-state index in [2.05, 4.69) is 53.9 Å². The van der Waals surface area contributed by atoms with E-state index in [4.69, 9.17) is 17.0 Å². The van der Waals surface area contributed by atoms with E-state index in [1.54, 1.807) is 7.11 Å². The Labute approximate surface area is 149 Å². The Morgan fingerprint density at radius 1 is 1.04 bits per heavy atom. The molecule has 0 amide bonds. The SMILES string of the molecule is COc1ccc(CNC(=S)NC[C@H](c2ccccc2)N(C)C)cc1. The summed E-state index contributed by atoms with van der Waals surface area (Å²) in [7, 11) is 5.82. The van der Waals surface area contributed by atoms with Crippen molar-refractivity contribution < 1.29 is 4.74 Å². The van der Waals surface area contributed by atoms with Gasteiger partial charge in [-0.2, -0.15) is 0 Å². The summed E-state index contributed by atoms with van der Waals surface area (Å²) in [6.07, 6.45) is 0. The largest absolute Gasteiger partial charge is 0.497 e. The number of nitrogens with one attached hydrogen (secondary N) is 2. The molecule has 0 aliphatic carbocycles. The minimum absolute atomic E-state index is 0.270. The molecule has 2 aromatic rings. The summed E-state index contributed by atoms with van der Waals surface area (Å²) < 4.78 is 5.16. The molecule has 2 N–H and O–H groups in total. The number of nitrogens with zero attached hydrogens (tertiary/aromatic N) is 1. The van der Waals surface area contributed by atoms with E-state index < -0.39 is 0 Å². The molecule has 5 heteroatoms. The lowest BCUT2D eigenvalue weighted by atomic mass is 10.1. The summed E-state index contributed by atoms with van der Waals surface area (Å²) in [5.41, 5.74) is 2.43. The summed E-state index contributed by atoms with van der Waals surface area (Å²) in [4.78, 5) is 2.19. The second kappa shape index (κ2) is 9.25. The smallest absolute Gasteiger partial charge is 0.166 e. The molecule has 0 aliphatic rings. The Bertz CT molecular complexity index is 629. The van der Waals surface area contributed by atoms with Crippen molar-refractivity contribution in [3.63, 3.8) is 0 Å². The van der Waals surface area contributed by atoms with Crippen molar-refractivity contribution in [3.05, 3.63) is 65.7 Å². The van der Waals surface area contributed by atoms with Gasteiger partial charge < -0.3 is 20.3 Å². The molecule has 0 heterocycles. The molecule has 0 aliphatic heterocycles. The quantitative estimate of drug-likeness (QED) is 0.756. The third-order valence-corrected chi connectivity index (χ3v) is 4.16. The number of hydrogen-bond acceptors (Lipinski definition) is 3. The number of likely N-dealkylation sites (N-methyl/N-ethyl adjacent to an activating group) is 1. The van der Waals surface area contributed by atoms with E-state index in [0.29, 0.717) is 11.7 Å². The molecule has 0 saturated heterocycles. The predicted octanol–water partition coefficient (Wildman–Crippen LogP) is 2.96. The van der Waals surface area contributed by atoms with E-state index in [-0.39, 0.29) is 6.04 Å². The van der Waals surface area contributed by atoms with Gasteiger partial charge in [0.1, 0.15) is 5.75 Å². The summed E-state index contributed by atoms with van der Waals surface area (Å²) >= 11 is 5.39. The van der Waals surface area contributed by atoms with Gasteiger partial charge in [-0.15, -0.1) is 0 Å². The van der Waals surface area contributed by atoms with Gasteiger partial charge in [-0.25, -0.2) is 0 Å². The van der Waals surface area contributed by atoms with Gasteiger partial charge in [0, 0.05) is 13.1 Å². The van der Waals surface area contributed by atoms with Gasteiger partial charge in [0.15, 0.2) is 5.11 Å². The predicted molar refractivity (Wildman–Crippen MR) is 103 cm³/mol. The first-order valence-corrected chi connectivity index (χ1v) is 8.37. The van der Waals surface area contributed by atoms with Gasteiger partial charge in [0.25, 0.3) is 0 Å². The van der Waals surface area contributed by atoms with Crippen LogP contribution in [0.5, 0.6) is 5.75 Å². The van der Waals surface area contributed by atoms with Crippen molar-refractivity contribution in [2.45, 2.75) is 12.6 Å². The Hall–Kier alpha value is -2.11. The number of rotatable bonds is 7. The maximum absolute atomic E-state index is 5.39. The molecule has 0 bridgehead atoms. The second-order valence-electron chi connectivity index (χ2n) is 5.80. The Balaban J connectivity index is 1.82. The van der Waals surface area contributed by atoms with Crippen LogP contribution in [0, 0.1) is 0 Å². The third-order valence-electron chi connectivity index (χ3n) is 3.88. The van der Waals surface area contributed by atoms with Crippen LogP contribution in [-0.4, -0.2) is 37.8 Å². The van der Waals surface area contributed by atoms with Crippen LogP contribution in [0.1, 0.15) is 17.2 Å². The molecule has 24 heavy (non-hydrogen) atoms. The van der Waals surface area contributed by atoms with Crippen LogP contribution in [0.2, 0.25) is 0 Å². The highest BCUT2D eigenvalue weighted by Crippen LogP contribution is 2.16. The van der Waals surface area contributed by atoms with Crippen LogP contribution in [0.25, 0.3) is 0 Å². The van der Waals surface area contributed by atoms with Crippen LogP contribution >= 0.6 is 12.2 Å². The maximum atomic E-state index is 5.39. The van der Waals surface area contributed by atoms with Crippen LogP contribution in [0.15, 0.2) is 54.6 Å². The first-order valence-electron chi connectivity index (χ1n) is 7.96. The number of ether oxygens (including phenoxy) is 1. The fourth-order valence-corrected chi connectivity index (χ4v) is 2.61. The molecule has 0 radical (unpaired) electrons. The first-order chi connectivity index (χ1) is 11.6. The molecule has 0 unspecified atom stereocenters. The van der Waals surface area contributed by atoms with Gasteiger partial charge in [-0.05, 0) is 49.6 Å². The lowest BCUT2D eigenvalue weighted by Crippen LogP contribution is -2.40. The van der Waals surface area contributed by atoms with Gasteiger partial charge in [-0.3, -0.25) is 0 Å². The fraction of sp³-hybridized carbons (Fsp3) is 0.316. The van der Waals surface area contributed by atoms with Crippen LogP contribution in [0.4, 0.5) is 0 Å². The van der Waals surface area contributed by atoms with Gasteiger partial charge >= 0.3 is 0 Å². The summed E-state index contributed by atoms with van der Waals surface area (Å²) in [6.45, 7) is 1.44. The summed E-state index contributed by atoms with van der Waals surface area (Å²) in [6, 6.07) is 18.7. The molecule has 1 atom stereocenters. The van der Waals surface area contributed by atoms with Crippen molar-refractivity contribution in [2.24, 2.45) is 0 Å². The molecule has 0 saturated carbocycles. The second-order valence-corrected chi connectivity index (χ2v) is 6.21. The highest BCUT2D eigenvalue weighted by Gasteiger charge is 2.13. The monoisotopic (exact) mass is 343 g/mol. The van der Waals surface area contributed by atoms with Crippen molar-refractivity contribution in [2.75, 3.05) is 27.7 Å². The standard InChI is InChI=1S/C19H25N3OS/c1-22(2)18(16-7-5-4-6-8-16)14-21-19(24)20-13-15-9-11-17(23-3)12-10-15/h4-12,18H,13-14H2,1-3H3,(H2,20,21,24)/t18-/m1/s1. The number of methoxy groups -OCH3 is 1. The normalized spacial score (nSPS) is 11.8. The molecule has 4 nitrogen and oxygen atoms in total. The minimum Gasteiger partial charge on any atom is -0.497 e. The number of benzene rings is 2. The minimum atomic E-state index is 0.270. The highest BCUT2D eigenvalue weighted by molar-refractivity contribution is 7.80. The van der Waals surface area contributed by atoms with Crippen LogP contribution in [0.3, 0.4) is 0 Å². The van der Waals surface area contributed by atoms with E-state index >= 15 is 0 Å². The lowest BCUT2D eigenvalue weighted by Gasteiger charge is -2.25. The summed E-state index contributed by atoms with van der Waals surface area (Å²) in [5.74, 6) is 0.858. The fourth-order valence-electron chi connectivity index (χ4n) is 2.45. The average Bonchev–Trinajstić information content (AvgIpc) is 2.61. The number of hydrogen-bond donors (Lipinski definition) is 2. The van der Waals surface area contributed by atoms with E-state index in [1.165, 1.54) is 5.56 Å².